The third-order valence-electron chi connectivity index (χ3n) is 3.26. The van der Waals surface area contributed by atoms with Crippen LogP contribution in [0.25, 0.3) is 0 Å². The molecule has 2 aromatic rings. The molecule has 0 saturated heterocycles. The molecule has 0 bridgehead atoms. The largest absolute Gasteiger partial charge is 0.313 e. The number of likely N-dealkylation sites (N-methyl/N-ethyl adjacent to an activating group) is 1. The molecule has 0 radical (unpaired) electrons. The minimum atomic E-state index is -0.180. The van der Waals surface area contributed by atoms with Crippen LogP contribution >= 0.6 is 15.9 Å². The van der Waals surface area contributed by atoms with Crippen molar-refractivity contribution in [1.82, 2.24) is 5.32 Å². The second kappa shape index (κ2) is 6.31. The maximum Gasteiger partial charge on any atom is 0.129 e. The Morgan fingerprint density at radius 3 is 2.42 bits per heavy atom. The lowest BCUT2D eigenvalue weighted by Gasteiger charge is -2.19. The molecule has 2 rings (SSSR count). The first-order valence-corrected chi connectivity index (χ1v) is 7.08. The number of hydrogen-bond donors (Lipinski definition) is 1. The van der Waals surface area contributed by atoms with E-state index in [1.54, 1.807) is 6.07 Å². The molecule has 0 heterocycles. The Morgan fingerprint density at radius 1 is 1.16 bits per heavy atom. The Morgan fingerprint density at radius 2 is 1.84 bits per heavy atom. The van der Waals surface area contributed by atoms with E-state index in [2.05, 4.69) is 52.4 Å². The highest BCUT2D eigenvalue weighted by molar-refractivity contribution is 9.10. The molecule has 0 aromatic heterocycles. The van der Waals surface area contributed by atoms with Crippen LogP contribution in [0.2, 0.25) is 0 Å². The van der Waals surface area contributed by atoms with Crippen molar-refractivity contribution < 1.29 is 4.39 Å². The minimum Gasteiger partial charge on any atom is -0.313 e. The normalized spacial score (nSPS) is 12.4. The van der Waals surface area contributed by atoms with Crippen molar-refractivity contribution in [3.63, 3.8) is 0 Å². The fourth-order valence-electron chi connectivity index (χ4n) is 2.15. The summed E-state index contributed by atoms with van der Waals surface area (Å²) in [6.45, 7) is 2.06. The van der Waals surface area contributed by atoms with Gasteiger partial charge in [0.2, 0.25) is 0 Å². The van der Waals surface area contributed by atoms with E-state index in [1.165, 1.54) is 17.2 Å². The second-order valence-electron chi connectivity index (χ2n) is 4.67. The summed E-state index contributed by atoms with van der Waals surface area (Å²) >= 11 is 3.43. The molecule has 3 heteroatoms. The first-order chi connectivity index (χ1) is 9.11. The highest BCUT2D eigenvalue weighted by atomic mass is 79.9. The van der Waals surface area contributed by atoms with Crippen molar-refractivity contribution in [2.45, 2.75) is 19.4 Å². The summed E-state index contributed by atoms with van der Waals surface area (Å²) in [5, 5.41) is 3.19. The van der Waals surface area contributed by atoms with Crippen LogP contribution in [0.3, 0.4) is 0 Å². The number of rotatable bonds is 4. The van der Waals surface area contributed by atoms with Crippen molar-refractivity contribution in [2.75, 3.05) is 7.05 Å². The van der Waals surface area contributed by atoms with E-state index in [-0.39, 0.29) is 11.9 Å². The second-order valence-corrected chi connectivity index (χ2v) is 5.52. The van der Waals surface area contributed by atoms with Crippen LogP contribution in [0.15, 0.2) is 46.9 Å². The Hall–Kier alpha value is -1.19. The highest BCUT2D eigenvalue weighted by Crippen LogP contribution is 2.28. The van der Waals surface area contributed by atoms with Gasteiger partial charge < -0.3 is 5.32 Å². The monoisotopic (exact) mass is 321 g/mol. The first-order valence-electron chi connectivity index (χ1n) is 6.28. The van der Waals surface area contributed by atoms with Gasteiger partial charge in [-0.25, -0.2) is 4.39 Å². The molecule has 1 atom stereocenters. The van der Waals surface area contributed by atoms with E-state index < -0.39 is 0 Å². The zero-order valence-corrected chi connectivity index (χ0v) is 12.7. The highest BCUT2D eigenvalue weighted by Gasteiger charge is 2.17. The van der Waals surface area contributed by atoms with Crippen molar-refractivity contribution in [1.29, 1.82) is 0 Å². The molecule has 0 saturated carbocycles. The zero-order chi connectivity index (χ0) is 13.8. The first kappa shape index (κ1) is 14.2. The van der Waals surface area contributed by atoms with Gasteiger partial charge in [0.25, 0.3) is 0 Å². The number of hydrogen-bond acceptors (Lipinski definition) is 1. The van der Waals surface area contributed by atoms with Crippen LogP contribution in [0.1, 0.15) is 22.7 Å². The van der Waals surface area contributed by atoms with Gasteiger partial charge in [0.1, 0.15) is 5.82 Å². The van der Waals surface area contributed by atoms with E-state index >= 15 is 0 Å². The van der Waals surface area contributed by atoms with E-state index in [1.807, 2.05) is 13.1 Å². The maximum atomic E-state index is 14.0. The van der Waals surface area contributed by atoms with Crippen LogP contribution < -0.4 is 5.32 Å². The summed E-state index contributed by atoms with van der Waals surface area (Å²) in [4.78, 5) is 0. The molecule has 0 aliphatic rings. The van der Waals surface area contributed by atoms with Gasteiger partial charge in [-0.3, -0.25) is 0 Å². The van der Waals surface area contributed by atoms with E-state index in [0.717, 1.165) is 10.9 Å². The summed E-state index contributed by atoms with van der Waals surface area (Å²) in [5.41, 5.74) is 3.11. The van der Waals surface area contributed by atoms with Crippen molar-refractivity contribution >= 4 is 15.9 Å². The molecule has 1 N–H and O–H groups in total. The quantitative estimate of drug-likeness (QED) is 0.880. The van der Waals surface area contributed by atoms with Gasteiger partial charge in [-0.05, 0) is 38.1 Å². The van der Waals surface area contributed by atoms with E-state index in [4.69, 9.17) is 0 Å². The Balaban J connectivity index is 2.27. The van der Waals surface area contributed by atoms with Gasteiger partial charge in [0.05, 0.1) is 0 Å². The lowest BCUT2D eigenvalue weighted by Crippen LogP contribution is -2.20. The lowest BCUT2D eigenvalue weighted by atomic mass is 9.98. The van der Waals surface area contributed by atoms with Crippen LogP contribution in [-0.2, 0) is 6.42 Å². The summed E-state index contributed by atoms with van der Waals surface area (Å²) in [6.07, 6.45) is 0.760. The van der Waals surface area contributed by atoms with Gasteiger partial charge in [0.15, 0.2) is 0 Å². The van der Waals surface area contributed by atoms with E-state index in [0.29, 0.717) is 5.56 Å². The zero-order valence-electron chi connectivity index (χ0n) is 11.1. The fourth-order valence-corrected chi connectivity index (χ4v) is 2.77. The molecule has 1 nitrogen and oxygen atoms in total. The molecule has 1 unspecified atom stereocenters. The number of halogens is 2. The maximum absolute atomic E-state index is 14.0. The smallest absolute Gasteiger partial charge is 0.129 e. The SMILES string of the molecule is CNC(Cc1ccc(C)cc1)c1c(F)cccc1Br. The Bertz CT molecular complexity index is 531. The van der Waals surface area contributed by atoms with Crippen molar-refractivity contribution in [3.8, 4) is 0 Å². The van der Waals surface area contributed by atoms with Crippen LogP contribution in [0.5, 0.6) is 0 Å². The van der Waals surface area contributed by atoms with E-state index in [9.17, 15) is 4.39 Å². The number of nitrogens with one attached hydrogen (secondary N) is 1. The third kappa shape index (κ3) is 3.43. The number of aryl methyl sites for hydroxylation is 1. The summed E-state index contributed by atoms with van der Waals surface area (Å²) in [7, 11) is 1.86. The lowest BCUT2D eigenvalue weighted by molar-refractivity contribution is 0.531. The standard InChI is InChI=1S/C16H17BrFN/c1-11-6-8-12(9-7-11)10-15(19-2)16-13(17)4-3-5-14(16)18/h3-9,15,19H,10H2,1-2H3. The molecular formula is C16H17BrFN. The summed E-state index contributed by atoms with van der Waals surface area (Å²) in [6, 6.07) is 13.4. The molecule has 0 spiro atoms. The van der Waals surface area contributed by atoms with Gasteiger partial charge in [-0.2, -0.15) is 0 Å². The van der Waals surface area contributed by atoms with Crippen molar-refractivity contribution in [2.24, 2.45) is 0 Å². The van der Waals surface area contributed by atoms with Crippen LogP contribution in [0, 0.1) is 12.7 Å². The fraction of sp³-hybridized carbons (Fsp3) is 0.250. The predicted molar refractivity (Wildman–Crippen MR) is 80.8 cm³/mol. The Labute approximate surface area is 122 Å². The Kier molecular flexibility index (Phi) is 4.72. The average Bonchev–Trinajstić information content (AvgIpc) is 2.39. The van der Waals surface area contributed by atoms with Gasteiger partial charge in [-0.1, -0.05) is 51.8 Å². The average molecular weight is 322 g/mol. The summed E-state index contributed by atoms with van der Waals surface area (Å²) in [5.74, 6) is -0.180. The van der Waals surface area contributed by atoms with Crippen molar-refractivity contribution in [3.05, 3.63) is 69.4 Å². The molecule has 0 aliphatic heterocycles. The number of benzene rings is 2. The molecule has 0 fully saturated rings. The summed E-state index contributed by atoms with van der Waals surface area (Å²) < 4.78 is 14.8. The van der Waals surface area contributed by atoms with Crippen LogP contribution in [0.4, 0.5) is 4.39 Å². The van der Waals surface area contributed by atoms with Gasteiger partial charge in [-0.15, -0.1) is 0 Å². The molecule has 0 amide bonds. The predicted octanol–water partition coefficient (Wildman–Crippen LogP) is 4.40. The van der Waals surface area contributed by atoms with Gasteiger partial charge >= 0.3 is 0 Å². The molecule has 100 valence electrons. The topological polar surface area (TPSA) is 12.0 Å². The molecule has 2 aromatic carbocycles. The third-order valence-corrected chi connectivity index (χ3v) is 3.95. The molecule has 0 aliphatic carbocycles. The van der Waals surface area contributed by atoms with Crippen LogP contribution in [-0.4, -0.2) is 7.05 Å². The van der Waals surface area contributed by atoms with Gasteiger partial charge in [0, 0.05) is 16.1 Å². The molecule has 19 heavy (non-hydrogen) atoms. The minimum absolute atomic E-state index is 0.0433. The molecular weight excluding hydrogens is 305 g/mol.